The molecule has 0 radical (unpaired) electrons. The van der Waals surface area contributed by atoms with Crippen molar-refractivity contribution >= 4 is 50.4 Å². The number of methoxy groups -OCH3 is 1. The number of hydrogen-bond acceptors (Lipinski definition) is 5. The fourth-order valence-corrected chi connectivity index (χ4v) is 3.92. The molecule has 7 heteroatoms. The first-order chi connectivity index (χ1) is 13.5. The molecule has 0 fully saturated rings. The number of halogens is 1. The van der Waals surface area contributed by atoms with E-state index < -0.39 is 0 Å². The van der Waals surface area contributed by atoms with Gasteiger partial charge in [0, 0.05) is 21.7 Å². The molecule has 140 valence electrons. The summed E-state index contributed by atoms with van der Waals surface area (Å²) >= 11 is 7.15. The van der Waals surface area contributed by atoms with E-state index in [0.717, 1.165) is 22.4 Å². The van der Waals surface area contributed by atoms with Crippen molar-refractivity contribution in [3.05, 3.63) is 70.6 Å². The number of nitrogens with one attached hydrogen (secondary N) is 1. The average molecular weight is 410 g/mol. The number of nitrogen functional groups attached to an aromatic ring is 1. The van der Waals surface area contributed by atoms with Crippen LogP contribution in [0.15, 0.2) is 60.7 Å². The van der Waals surface area contributed by atoms with Crippen molar-refractivity contribution in [2.24, 2.45) is 0 Å². The van der Waals surface area contributed by atoms with Crippen LogP contribution in [0, 0.1) is 0 Å². The molecule has 2 aromatic heterocycles. The fourth-order valence-electron chi connectivity index (χ4n) is 2.81. The average Bonchev–Trinajstić information content (AvgIpc) is 3.06. The molecule has 0 spiro atoms. The Hall–Kier alpha value is -3.09. The van der Waals surface area contributed by atoms with Crippen LogP contribution in [0.3, 0.4) is 0 Å². The van der Waals surface area contributed by atoms with Crippen LogP contribution in [0.1, 0.15) is 9.67 Å². The Balaban J connectivity index is 1.65. The van der Waals surface area contributed by atoms with E-state index in [4.69, 9.17) is 22.1 Å². The molecule has 4 rings (SSSR count). The topological polar surface area (TPSA) is 77.2 Å². The summed E-state index contributed by atoms with van der Waals surface area (Å²) < 4.78 is 5.19. The minimum absolute atomic E-state index is 0.270. The third-order valence-corrected chi connectivity index (χ3v) is 5.65. The first-order valence-electron chi connectivity index (χ1n) is 8.45. The summed E-state index contributed by atoms with van der Waals surface area (Å²) in [5, 5.41) is 4.21. The molecular weight excluding hydrogens is 394 g/mol. The minimum atomic E-state index is -0.270. The summed E-state index contributed by atoms with van der Waals surface area (Å²) in [6.07, 6.45) is 0. The van der Waals surface area contributed by atoms with Crippen molar-refractivity contribution in [2.45, 2.75) is 0 Å². The van der Waals surface area contributed by atoms with E-state index in [1.54, 1.807) is 31.4 Å². The predicted octanol–water partition coefficient (Wildman–Crippen LogP) is 5.46. The Morgan fingerprint density at radius 2 is 1.79 bits per heavy atom. The second-order valence-electron chi connectivity index (χ2n) is 6.08. The number of carbonyl (C=O) groups is 1. The second kappa shape index (κ2) is 7.50. The third-order valence-electron chi connectivity index (χ3n) is 4.29. The van der Waals surface area contributed by atoms with Gasteiger partial charge in [0.15, 0.2) is 0 Å². The molecule has 0 aliphatic carbocycles. The first kappa shape index (κ1) is 18.3. The number of amides is 1. The highest BCUT2D eigenvalue weighted by Gasteiger charge is 2.18. The standard InChI is InChI=1S/C21H16ClN3O2S/c1-27-15-8-2-12(3-9-15)17-11-10-16-18(23)19(28-21(16)25-17)20(26)24-14-6-4-13(22)5-7-14/h2-11H,23H2,1H3,(H,24,26). The SMILES string of the molecule is COc1ccc(-c2ccc3c(N)c(C(=O)Nc4ccc(Cl)cc4)sc3n2)cc1. The van der Waals surface area contributed by atoms with Gasteiger partial charge in [0.1, 0.15) is 15.5 Å². The molecule has 28 heavy (non-hydrogen) atoms. The number of pyridine rings is 1. The second-order valence-corrected chi connectivity index (χ2v) is 7.52. The van der Waals surface area contributed by atoms with Gasteiger partial charge in [0.2, 0.25) is 0 Å². The van der Waals surface area contributed by atoms with E-state index in [-0.39, 0.29) is 5.91 Å². The number of hydrogen-bond donors (Lipinski definition) is 2. The van der Waals surface area contributed by atoms with Gasteiger partial charge in [-0.25, -0.2) is 4.98 Å². The van der Waals surface area contributed by atoms with E-state index in [1.165, 1.54) is 11.3 Å². The molecule has 2 heterocycles. The predicted molar refractivity (Wildman–Crippen MR) is 115 cm³/mol. The zero-order chi connectivity index (χ0) is 19.7. The van der Waals surface area contributed by atoms with E-state index in [0.29, 0.717) is 26.1 Å². The summed E-state index contributed by atoms with van der Waals surface area (Å²) in [4.78, 5) is 18.5. The molecule has 1 amide bonds. The van der Waals surface area contributed by atoms with Crippen LogP contribution in [0.25, 0.3) is 21.5 Å². The number of anilines is 2. The van der Waals surface area contributed by atoms with Gasteiger partial charge in [-0.15, -0.1) is 11.3 Å². The van der Waals surface area contributed by atoms with Crippen molar-refractivity contribution in [1.82, 2.24) is 4.98 Å². The largest absolute Gasteiger partial charge is 0.497 e. The quantitative estimate of drug-likeness (QED) is 0.469. The molecule has 0 unspecified atom stereocenters. The number of benzene rings is 2. The Morgan fingerprint density at radius 1 is 1.07 bits per heavy atom. The Morgan fingerprint density at radius 3 is 2.46 bits per heavy atom. The van der Waals surface area contributed by atoms with Gasteiger partial charge < -0.3 is 15.8 Å². The maximum absolute atomic E-state index is 12.7. The van der Waals surface area contributed by atoms with Crippen molar-refractivity contribution in [2.75, 3.05) is 18.2 Å². The van der Waals surface area contributed by atoms with E-state index >= 15 is 0 Å². The lowest BCUT2D eigenvalue weighted by molar-refractivity contribution is 0.103. The van der Waals surface area contributed by atoms with Gasteiger partial charge in [0.05, 0.1) is 18.5 Å². The summed E-state index contributed by atoms with van der Waals surface area (Å²) in [6, 6.07) is 18.4. The Kier molecular flexibility index (Phi) is 4.90. The number of fused-ring (bicyclic) bond motifs is 1. The van der Waals surface area contributed by atoms with Gasteiger partial charge in [-0.05, 0) is 60.7 Å². The van der Waals surface area contributed by atoms with Crippen molar-refractivity contribution < 1.29 is 9.53 Å². The monoisotopic (exact) mass is 409 g/mol. The highest BCUT2D eigenvalue weighted by atomic mass is 35.5. The number of nitrogens with two attached hydrogens (primary N) is 1. The summed E-state index contributed by atoms with van der Waals surface area (Å²) in [6.45, 7) is 0. The number of ether oxygens (including phenoxy) is 1. The Bertz CT molecular complexity index is 1150. The molecule has 4 aromatic rings. The first-order valence-corrected chi connectivity index (χ1v) is 9.65. The molecule has 0 atom stereocenters. The van der Waals surface area contributed by atoms with Crippen molar-refractivity contribution in [3.63, 3.8) is 0 Å². The number of thiophene rings is 1. The van der Waals surface area contributed by atoms with Crippen molar-refractivity contribution in [1.29, 1.82) is 0 Å². The normalized spacial score (nSPS) is 10.8. The number of rotatable bonds is 4. The van der Waals surface area contributed by atoms with Crippen LogP contribution in [-0.2, 0) is 0 Å². The van der Waals surface area contributed by atoms with Gasteiger partial charge >= 0.3 is 0 Å². The maximum Gasteiger partial charge on any atom is 0.267 e. The van der Waals surface area contributed by atoms with Crippen molar-refractivity contribution in [3.8, 4) is 17.0 Å². The van der Waals surface area contributed by atoms with Crippen LogP contribution >= 0.6 is 22.9 Å². The molecule has 0 aliphatic rings. The van der Waals surface area contributed by atoms with E-state index in [2.05, 4.69) is 10.3 Å². The van der Waals surface area contributed by atoms with Crippen LogP contribution < -0.4 is 15.8 Å². The lowest BCUT2D eigenvalue weighted by Crippen LogP contribution is -2.11. The maximum atomic E-state index is 12.7. The van der Waals surface area contributed by atoms with Crippen LogP contribution in [0.4, 0.5) is 11.4 Å². The van der Waals surface area contributed by atoms with Gasteiger partial charge in [-0.3, -0.25) is 4.79 Å². The minimum Gasteiger partial charge on any atom is -0.497 e. The van der Waals surface area contributed by atoms with Gasteiger partial charge in [-0.2, -0.15) is 0 Å². The molecule has 0 saturated heterocycles. The zero-order valence-electron chi connectivity index (χ0n) is 14.9. The highest BCUT2D eigenvalue weighted by Crippen LogP contribution is 2.35. The fraction of sp³-hybridized carbons (Fsp3) is 0.0476. The van der Waals surface area contributed by atoms with Gasteiger partial charge in [-0.1, -0.05) is 11.6 Å². The third kappa shape index (κ3) is 3.52. The molecule has 0 saturated carbocycles. The van der Waals surface area contributed by atoms with Crippen LogP contribution in [0.2, 0.25) is 5.02 Å². The number of carbonyl (C=O) groups excluding carboxylic acids is 1. The Labute approximate surface area is 170 Å². The molecule has 5 nitrogen and oxygen atoms in total. The van der Waals surface area contributed by atoms with E-state index in [9.17, 15) is 4.79 Å². The highest BCUT2D eigenvalue weighted by molar-refractivity contribution is 7.21. The molecule has 0 aliphatic heterocycles. The summed E-state index contributed by atoms with van der Waals surface area (Å²) in [7, 11) is 1.63. The van der Waals surface area contributed by atoms with Gasteiger partial charge in [0.25, 0.3) is 5.91 Å². The molecule has 0 bridgehead atoms. The van der Waals surface area contributed by atoms with E-state index in [1.807, 2.05) is 36.4 Å². The zero-order valence-corrected chi connectivity index (χ0v) is 16.5. The summed E-state index contributed by atoms with van der Waals surface area (Å²) in [5.74, 6) is 0.514. The number of aromatic nitrogens is 1. The smallest absolute Gasteiger partial charge is 0.267 e. The molecule has 3 N–H and O–H groups in total. The lowest BCUT2D eigenvalue weighted by atomic mass is 10.1. The molecule has 2 aromatic carbocycles. The molecular formula is C21H16ClN3O2S. The van der Waals surface area contributed by atoms with Crippen LogP contribution in [0.5, 0.6) is 5.75 Å². The lowest BCUT2D eigenvalue weighted by Gasteiger charge is -2.04. The summed E-state index contributed by atoms with van der Waals surface area (Å²) in [5.41, 5.74) is 9.06. The number of nitrogens with zero attached hydrogens (tertiary/aromatic N) is 1. The van der Waals surface area contributed by atoms with Crippen LogP contribution in [-0.4, -0.2) is 18.0 Å².